The number of carboxylic acid groups (broad SMARTS) is 1. The van der Waals surface area contributed by atoms with Crippen LogP contribution in [-0.4, -0.2) is 34.4 Å². The Hall–Kier alpha value is -0.300. The van der Waals surface area contributed by atoms with Crippen LogP contribution in [0.1, 0.15) is 41.0 Å². The van der Waals surface area contributed by atoms with Gasteiger partial charge in [0, 0.05) is 6.42 Å². The Balaban J connectivity index is 0. The van der Waals surface area contributed by atoms with Gasteiger partial charge in [0.15, 0.2) is 0 Å². The van der Waals surface area contributed by atoms with Crippen molar-refractivity contribution in [2.24, 2.45) is 0 Å². The van der Waals surface area contributed by atoms with Crippen molar-refractivity contribution in [3.8, 4) is 0 Å². The third-order valence-corrected chi connectivity index (χ3v) is 1.68. The Morgan fingerprint density at radius 3 is 2.00 bits per heavy atom. The third-order valence-electron chi connectivity index (χ3n) is 1.68. The van der Waals surface area contributed by atoms with E-state index in [4.69, 9.17) is 4.74 Å². The molecule has 0 rings (SSSR count). The van der Waals surface area contributed by atoms with E-state index in [0.29, 0.717) is 0 Å². The third kappa shape index (κ3) is 10.8. The second-order valence-corrected chi connectivity index (χ2v) is 5.53. The van der Waals surface area contributed by atoms with Crippen LogP contribution in [0.25, 0.3) is 0 Å². The smallest absolute Gasteiger partial charge is 0.548 e. The van der Waals surface area contributed by atoms with Gasteiger partial charge in [-0.05, 0) is 34.6 Å². The summed E-state index contributed by atoms with van der Waals surface area (Å²) in [5.74, 6) is -1.46. The standard InChI is InChI=1S/C11H21NO5.Na/c1-10(2,3)17-9(15)12-7(8(13)14)6-11(4,5)16;/h7,16H,6H2,1-5H3,(H,12,15)(H,13,14);/q;+1/p-1. The zero-order valence-electron chi connectivity index (χ0n) is 11.9. The van der Waals surface area contributed by atoms with E-state index < -0.39 is 29.3 Å². The normalized spacial score (nSPS) is 13.2. The fourth-order valence-electron chi connectivity index (χ4n) is 1.14. The fraction of sp³-hybridized carbons (Fsp3) is 0.818. The summed E-state index contributed by atoms with van der Waals surface area (Å²) in [5, 5.41) is 22.4. The van der Waals surface area contributed by atoms with Gasteiger partial charge in [0.25, 0.3) is 0 Å². The molecular weight excluding hydrogens is 249 g/mol. The largest absolute Gasteiger partial charge is 1.00 e. The van der Waals surface area contributed by atoms with Crippen molar-refractivity contribution in [3.05, 3.63) is 0 Å². The van der Waals surface area contributed by atoms with Crippen LogP contribution >= 0.6 is 0 Å². The number of carbonyl (C=O) groups excluding carboxylic acids is 2. The Kier molecular flexibility index (Phi) is 8.15. The molecule has 1 unspecified atom stereocenters. The molecule has 2 N–H and O–H groups in total. The van der Waals surface area contributed by atoms with E-state index in [-0.39, 0.29) is 36.0 Å². The zero-order chi connectivity index (χ0) is 13.9. The fourth-order valence-corrected chi connectivity index (χ4v) is 1.14. The van der Waals surface area contributed by atoms with Crippen LogP contribution in [0.5, 0.6) is 0 Å². The Morgan fingerprint density at radius 2 is 1.72 bits per heavy atom. The number of aliphatic carboxylic acids is 1. The van der Waals surface area contributed by atoms with Gasteiger partial charge in [-0.1, -0.05) is 0 Å². The molecule has 6 nitrogen and oxygen atoms in total. The minimum absolute atomic E-state index is 0. The molecule has 0 aromatic heterocycles. The number of rotatable bonds is 4. The number of ether oxygens (including phenoxy) is 1. The van der Waals surface area contributed by atoms with Crippen LogP contribution in [0.15, 0.2) is 0 Å². The number of hydrogen-bond acceptors (Lipinski definition) is 5. The van der Waals surface area contributed by atoms with Gasteiger partial charge in [-0.15, -0.1) is 0 Å². The molecule has 0 saturated heterocycles. The van der Waals surface area contributed by atoms with Crippen molar-refractivity contribution in [3.63, 3.8) is 0 Å². The minimum Gasteiger partial charge on any atom is -0.548 e. The molecule has 7 heteroatoms. The van der Waals surface area contributed by atoms with Crippen LogP contribution in [0, 0.1) is 0 Å². The van der Waals surface area contributed by atoms with Crippen molar-refractivity contribution in [1.82, 2.24) is 5.32 Å². The topological polar surface area (TPSA) is 98.7 Å². The summed E-state index contributed by atoms with van der Waals surface area (Å²) in [4.78, 5) is 22.1. The van der Waals surface area contributed by atoms with Crippen LogP contribution < -0.4 is 40.0 Å². The van der Waals surface area contributed by atoms with Crippen LogP contribution in [0.4, 0.5) is 4.79 Å². The number of amides is 1. The molecule has 0 radical (unpaired) electrons. The summed E-state index contributed by atoms with van der Waals surface area (Å²) < 4.78 is 4.91. The Bertz CT molecular complexity index is 293. The summed E-state index contributed by atoms with van der Waals surface area (Å²) in [5.41, 5.74) is -1.94. The molecule has 0 bridgehead atoms. The molecule has 0 aliphatic heterocycles. The maximum atomic E-state index is 11.4. The quantitative estimate of drug-likeness (QED) is 0.524. The van der Waals surface area contributed by atoms with E-state index in [0.717, 1.165) is 0 Å². The van der Waals surface area contributed by atoms with E-state index in [9.17, 15) is 19.8 Å². The van der Waals surface area contributed by atoms with Gasteiger partial charge < -0.3 is 25.1 Å². The number of alkyl carbamates (subject to hydrolysis) is 1. The van der Waals surface area contributed by atoms with Gasteiger partial charge in [0.2, 0.25) is 0 Å². The van der Waals surface area contributed by atoms with E-state index in [1.165, 1.54) is 13.8 Å². The molecule has 0 spiro atoms. The van der Waals surface area contributed by atoms with Crippen LogP contribution in [-0.2, 0) is 9.53 Å². The first-order chi connectivity index (χ1) is 7.41. The van der Waals surface area contributed by atoms with Crippen LogP contribution in [0.2, 0.25) is 0 Å². The molecule has 0 saturated carbocycles. The first-order valence-corrected chi connectivity index (χ1v) is 5.33. The number of carbonyl (C=O) groups is 2. The maximum absolute atomic E-state index is 11.4. The molecule has 0 aliphatic rings. The van der Waals surface area contributed by atoms with E-state index in [2.05, 4.69) is 5.32 Å². The van der Waals surface area contributed by atoms with Crippen LogP contribution in [0.3, 0.4) is 0 Å². The van der Waals surface area contributed by atoms with Gasteiger partial charge >= 0.3 is 35.7 Å². The van der Waals surface area contributed by atoms with Gasteiger partial charge in [-0.3, -0.25) is 0 Å². The number of carboxylic acids is 1. The monoisotopic (exact) mass is 269 g/mol. The number of hydrogen-bond donors (Lipinski definition) is 2. The minimum atomic E-state index is -1.46. The van der Waals surface area contributed by atoms with Crippen molar-refractivity contribution in [2.45, 2.75) is 58.3 Å². The number of aliphatic hydroxyl groups is 1. The molecule has 0 aromatic rings. The number of nitrogens with one attached hydrogen (secondary N) is 1. The van der Waals surface area contributed by atoms with Gasteiger partial charge in [-0.25, -0.2) is 4.79 Å². The zero-order valence-corrected chi connectivity index (χ0v) is 13.9. The Morgan fingerprint density at radius 1 is 1.28 bits per heavy atom. The summed E-state index contributed by atoms with van der Waals surface area (Å²) >= 11 is 0. The van der Waals surface area contributed by atoms with Crippen molar-refractivity contribution in [2.75, 3.05) is 0 Å². The molecule has 0 aromatic carbocycles. The predicted octanol–water partition coefficient (Wildman–Crippen LogP) is -3.21. The first-order valence-electron chi connectivity index (χ1n) is 5.33. The summed E-state index contributed by atoms with van der Waals surface area (Å²) in [7, 11) is 0. The van der Waals surface area contributed by atoms with E-state index in [1.807, 2.05) is 0 Å². The molecular formula is C11H20NNaO5. The summed E-state index contributed by atoms with van der Waals surface area (Å²) in [6, 6.07) is -1.29. The molecule has 0 aliphatic carbocycles. The average Bonchev–Trinajstić information content (AvgIpc) is 1.95. The predicted molar refractivity (Wildman–Crippen MR) is 59.1 cm³/mol. The van der Waals surface area contributed by atoms with E-state index >= 15 is 0 Å². The second-order valence-electron chi connectivity index (χ2n) is 5.53. The molecule has 0 fully saturated rings. The van der Waals surface area contributed by atoms with Crippen molar-refractivity contribution >= 4 is 12.1 Å². The summed E-state index contributed by atoms with van der Waals surface area (Å²) in [6.45, 7) is 7.88. The second kappa shape index (κ2) is 7.33. The molecule has 18 heavy (non-hydrogen) atoms. The van der Waals surface area contributed by atoms with Crippen molar-refractivity contribution < 1.29 is 54.1 Å². The van der Waals surface area contributed by atoms with Gasteiger partial charge in [0.05, 0.1) is 17.6 Å². The van der Waals surface area contributed by atoms with E-state index in [1.54, 1.807) is 20.8 Å². The van der Waals surface area contributed by atoms with Crippen molar-refractivity contribution in [1.29, 1.82) is 0 Å². The molecule has 1 amide bonds. The maximum Gasteiger partial charge on any atom is 1.00 e. The molecule has 0 heterocycles. The first kappa shape index (κ1) is 20.0. The SMILES string of the molecule is CC(C)(O)CC(NC(=O)OC(C)(C)C)C(=O)[O-].[Na+]. The molecule has 1 atom stereocenters. The average molecular weight is 269 g/mol. The molecule has 100 valence electrons. The Labute approximate surface area is 129 Å². The summed E-state index contributed by atoms with van der Waals surface area (Å²) in [6.07, 6.45) is -1.01. The van der Waals surface area contributed by atoms with Gasteiger partial charge in [0.1, 0.15) is 5.60 Å². The van der Waals surface area contributed by atoms with Gasteiger partial charge in [-0.2, -0.15) is 0 Å².